The Morgan fingerprint density at radius 2 is 1.72 bits per heavy atom. The molecule has 3 aromatic carbocycles. The molecule has 0 unspecified atom stereocenters. The molecule has 46 heavy (non-hydrogen) atoms. The molecule has 13 heteroatoms. The number of carbonyl (C=O) groups excluding carboxylic acids is 1. The monoisotopic (exact) mass is 627 g/mol. The molecule has 234 valence electrons. The highest BCUT2D eigenvalue weighted by atomic mass is 19.1. The number of halogens is 2. The largest absolute Gasteiger partial charge is 0.504 e. The third-order valence-electron chi connectivity index (χ3n) is 6.36. The molecule has 0 spiro atoms. The number of benzene rings is 3. The van der Waals surface area contributed by atoms with Gasteiger partial charge in [-0.3, -0.25) is 5.41 Å². The van der Waals surface area contributed by atoms with E-state index in [0.717, 1.165) is 0 Å². The Morgan fingerprint density at radius 3 is 2.41 bits per heavy atom. The van der Waals surface area contributed by atoms with Gasteiger partial charge in [-0.2, -0.15) is 13.8 Å². The number of nitrogens with zero attached hydrogens (tertiary/aromatic N) is 3. The molecule has 0 bridgehead atoms. The fraction of sp³-hybridized carbons (Fsp3) is 0.0909. The van der Waals surface area contributed by atoms with Gasteiger partial charge >= 0.3 is 5.97 Å². The number of aryl methyl sites for hydroxylation is 1. The van der Waals surface area contributed by atoms with E-state index in [0.29, 0.717) is 17.0 Å². The van der Waals surface area contributed by atoms with E-state index in [4.69, 9.17) is 30.1 Å². The van der Waals surface area contributed by atoms with E-state index in [2.05, 4.69) is 9.97 Å². The SMILES string of the molecule is CCOC(=O)C=Cc1cccc(Oc2c(F)c(Oc3cccc(-c4nccn4C)c3)nc(Oc3cc(C(=N)N)ccc3O)c2F)c1. The van der Waals surface area contributed by atoms with Crippen LogP contribution in [-0.2, 0) is 16.6 Å². The summed E-state index contributed by atoms with van der Waals surface area (Å²) in [6, 6.07) is 16.4. The minimum Gasteiger partial charge on any atom is -0.504 e. The number of nitrogen functional groups attached to an aromatic ring is 1. The van der Waals surface area contributed by atoms with Crippen LogP contribution < -0.4 is 19.9 Å². The van der Waals surface area contributed by atoms with Gasteiger partial charge in [-0.1, -0.05) is 24.3 Å². The number of phenolic OH excluding ortho intramolecular Hbond substituents is 1. The van der Waals surface area contributed by atoms with Crippen LogP contribution in [0.4, 0.5) is 8.78 Å². The van der Waals surface area contributed by atoms with E-state index in [-0.39, 0.29) is 35.3 Å². The molecule has 5 aromatic rings. The third kappa shape index (κ3) is 7.10. The van der Waals surface area contributed by atoms with Crippen molar-refractivity contribution in [2.24, 2.45) is 12.8 Å². The quantitative estimate of drug-likeness (QED) is 0.0628. The second-order valence-corrected chi connectivity index (χ2v) is 9.63. The fourth-order valence-corrected chi connectivity index (χ4v) is 4.18. The smallest absolute Gasteiger partial charge is 0.330 e. The summed E-state index contributed by atoms with van der Waals surface area (Å²) in [7, 11) is 1.81. The lowest BCUT2D eigenvalue weighted by Gasteiger charge is -2.16. The van der Waals surface area contributed by atoms with E-state index in [1.165, 1.54) is 42.5 Å². The molecule has 0 aliphatic carbocycles. The maximum absolute atomic E-state index is 16.0. The Hall–Kier alpha value is -6.24. The zero-order valence-corrected chi connectivity index (χ0v) is 24.5. The van der Waals surface area contributed by atoms with Gasteiger partial charge in [0.15, 0.2) is 11.5 Å². The first kappa shape index (κ1) is 31.2. The summed E-state index contributed by atoms with van der Waals surface area (Å²) in [5, 5.41) is 18.0. The number of pyridine rings is 1. The molecule has 0 aliphatic heterocycles. The minimum absolute atomic E-state index is 0.00473. The Bertz CT molecular complexity index is 1960. The van der Waals surface area contributed by atoms with Crippen LogP contribution in [-0.4, -0.2) is 38.1 Å². The number of imidazole rings is 1. The molecule has 0 atom stereocenters. The predicted octanol–water partition coefficient (Wildman–Crippen LogP) is 6.70. The van der Waals surface area contributed by atoms with Crippen LogP contribution in [0.15, 0.2) is 85.2 Å². The van der Waals surface area contributed by atoms with Gasteiger partial charge in [0.1, 0.15) is 23.2 Å². The lowest BCUT2D eigenvalue weighted by molar-refractivity contribution is -0.137. The van der Waals surface area contributed by atoms with Crippen molar-refractivity contribution in [1.82, 2.24) is 14.5 Å². The highest BCUT2D eigenvalue weighted by molar-refractivity contribution is 5.95. The van der Waals surface area contributed by atoms with Crippen LogP contribution in [0.3, 0.4) is 0 Å². The Labute approximate surface area is 261 Å². The van der Waals surface area contributed by atoms with Crippen molar-refractivity contribution in [3.05, 3.63) is 108 Å². The maximum atomic E-state index is 16.0. The minimum atomic E-state index is -1.35. The van der Waals surface area contributed by atoms with Crippen LogP contribution in [0.5, 0.6) is 40.5 Å². The van der Waals surface area contributed by atoms with E-state index in [1.807, 2.05) is 7.05 Å². The van der Waals surface area contributed by atoms with Crippen molar-refractivity contribution >= 4 is 17.9 Å². The van der Waals surface area contributed by atoms with E-state index >= 15 is 8.78 Å². The van der Waals surface area contributed by atoms with Crippen molar-refractivity contribution < 1.29 is 37.6 Å². The second-order valence-electron chi connectivity index (χ2n) is 9.63. The molecule has 0 amide bonds. The molecular formula is C33H27F2N5O6. The standard InChI is InChI=1S/C33H27F2N5O6/c1-3-43-26(42)13-10-19-6-4-8-22(16-19)44-29-27(34)32(45-23-9-5-7-21(17-23)31-38-14-15-40(31)2)39-33(28(29)35)46-25-18-20(30(36)37)11-12-24(25)41/h4-18,41H,3H2,1-2H3,(H3,36,37). The number of rotatable bonds is 11. The fourth-order valence-electron chi connectivity index (χ4n) is 4.18. The highest BCUT2D eigenvalue weighted by Gasteiger charge is 2.27. The molecule has 0 radical (unpaired) electrons. The normalized spacial score (nSPS) is 11.0. The van der Waals surface area contributed by atoms with Gasteiger partial charge in [-0.15, -0.1) is 0 Å². The lowest BCUT2D eigenvalue weighted by Crippen LogP contribution is -2.11. The molecule has 0 saturated heterocycles. The van der Waals surface area contributed by atoms with Crippen molar-refractivity contribution in [2.45, 2.75) is 6.92 Å². The summed E-state index contributed by atoms with van der Waals surface area (Å²) in [4.78, 5) is 20.0. The first-order valence-electron chi connectivity index (χ1n) is 13.8. The van der Waals surface area contributed by atoms with Crippen LogP contribution in [0.25, 0.3) is 17.5 Å². The first-order chi connectivity index (χ1) is 22.1. The zero-order chi connectivity index (χ0) is 32.8. The van der Waals surface area contributed by atoms with Crippen molar-refractivity contribution in [2.75, 3.05) is 6.61 Å². The number of phenols is 1. The van der Waals surface area contributed by atoms with Gasteiger partial charge in [0.25, 0.3) is 11.8 Å². The number of aromatic hydroxyl groups is 1. The number of nitrogens with two attached hydrogens (primary N) is 1. The van der Waals surface area contributed by atoms with Gasteiger partial charge in [-0.05, 0) is 61.0 Å². The number of nitrogens with one attached hydrogen (secondary N) is 1. The maximum Gasteiger partial charge on any atom is 0.330 e. The summed E-state index contributed by atoms with van der Waals surface area (Å²) >= 11 is 0. The molecule has 11 nitrogen and oxygen atoms in total. The van der Waals surface area contributed by atoms with Crippen LogP contribution >= 0.6 is 0 Å². The molecule has 2 aromatic heterocycles. The molecule has 0 fully saturated rings. The Morgan fingerprint density at radius 1 is 1.00 bits per heavy atom. The van der Waals surface area contributed by atoms with Crippen LogP contribution in [0, 0.1) is 17.0 Å². The summed E-state index contributed by atoms with van der Waals surface area (Å²) in [5.74, 6) is -5.96. The van der Waals surface area contributed by atoms with E-state index in [1.54, 1.807) is 60.3 Å². The van der Waals surface area contributed by atoms with Gasteiger partial charge in [0.2, 0.25) is 17.4 Å². The number of ether oxygens (including phenoxy) is 4. The number of hydrogen-bond acceptors (Lipinski definition) is 9. The van der Waals surface area contributed by atoms with Crippen LogP contribution in [0.2, 0.25) is 0 Å². The average molecular weight is 628 g/mol. The summed E-state index contributed by atoms with van der Waals surface area (Å²) in [6.45, 7) is 1.87. The van der Waals surface area contributed by atoms with Crippen molar-refractivity contribution in [3.63, 3.8) is 0 Å². The number of esters is 1. The number of amidine groups is 1. The molecule has 0 aliphatic rings. The molecular weight excluding hydrogens is 600 g/mol. The number of aromatic nitrogens is 3. The summed E-state index contributed by atoms with van der Waals surface area (Å²) in [6.07, 6.45) is 6.03. The van der Waals surface area contributed by atoms with Gasteiger partial charge in [0, 0.05) is 36.6 Å². The second kappa shape index (κ2) is 13.6. The molecule has 0 saturated carbocycles. The van der Waals surface area contributed by atoms with Crippen molar-refractivity contribution in [3.8, 4) is 51.9 Å². The van der Waals surface area contributed by atoms with Crippen molar-refractivity contribution in [1.29, 1.82) is 5.41 Å². The van der Waals surface area contributed by atoms with Gasteiger partial charge < -0.3 is 34.4 Å². The van der Waals surface area contributed by atoms with Gasteiger partial charge in [0.05, 0.1) is 6.61 Å². The van der Waals surface area contributed by atoms with Crippen LogP contribution in [0.1, 0.15) is 18.1 Å². The Kier molecular flexibility index (Phi) is 9.22. The first-order valence-corrected chi connectivity index (χ1v) is 13.8. The molecule has 5 rings (SSSR count). The summed E-state index contributed by atoms with van der Waals surface area (Å²) < 4.78 is 55.5. The Balaban J connectivity index is 1.56. The third-order valence-corrected chi connectivity index (χ3v) is 6.36. The lowest BCUT2D eigenvalue weighted by atomic mass is 10.2. The summed E-state index contributed by atoms with van der Waals surface area (Å²) in [5.41, 5.74) is 6.85. The topological polar surface area (TPSA) is 155 Å². The number of carbonyl (C=O) groups is 1. The van der Waals surface area contributed by atoms with E-state index < -0.39 is 40.9 Å². The zero-order valence-electron chi connectivity index (χ0n) is 24.5. The molecule has 2 heterocycles. The highest BCUT2D eigenvalue weighted by Crippen LogP contribution is 2.41. The predicted molar refractivity (Wildman–Crippen MR) is 164 cm³/mol. The molecule has 4 N–H and O–H groups in total. The van der Waals surface area contributed by atoms with E-state index in [9.17, 15) is 9.90 Å². The van der Waals surface area contributed by atoms with Gasteiger partial charge in [-0.25, -0.2) is 9.78 Å². The number of hydrogen-bond donors (Lipinski definition) is 3. The average Bonchev–Trinajstić information content (AvgIpc) is 3.47.